The zero-order valence-corrected chi connectivity index (χ0v) is 13.2. The van der Waals surface area contributed by atoms with Gasteiger partial charge in [-0.2, -0.15) is 13.2 Å². The number of halogens is 4. The van der Waals surface area contributed by atoms with Crippen molar-refractivity contribution < 1.29 is 13.2 Å². The number of nitrogens with two attached hydrogens (primary N) is 1. The summed E-state index contributed by atoms with van der Waals surface area (Å²) in [6, 6.07) is 9.20. The van der Waals surface area contributed by atoms with E-state index in [4.69, 9.17) is 5.73 Å². The van der Waals surface area contributed by atoms with Crippen molar-refractivity contribution in [2.24, 2.45) is 5.73 Å². The van der Waals surface area contributed by atoms with Crippen molar-refractivity contribution in [2.45, 2.75) is 26.1 Å². The highest BCUT2D eigenvalue weighted by molar-refractivity contribution is 9.10. The van der Waals surface area contributed by atoms with Gasteiger partial charge in [0.25, 0.3) is 0 Å². The van der Waals surface area contributed by atoms with Gasteiger partial charge in [-0.15, -0.1) is 0 Å². The standard InChI is InChI=1S/C16H15BrF3N/c1-9-4-3-5-12(10(9)2)15(21)11-6-7-14(17)13(8-11)16(18,19)20/h3-8,15H,21H2,1-2H3. The Labute approximate surface area is 130 Å². The zero-order chi connectivity index (χ0) is 15.8. The molecule has 0 aliphatic rings. The van der Waals surface area contributed by atoms with Crippen molar-refractivity contribution in [3.63, 3.8) is 0 Å². The molecule has 1 unspecified atom stereocenters. The van der Waals surface area contributed by atoms with Gasteiger partial charge in [0.1, 0.15) is 0 Å². The highest BCUT2D eigenvalue weighted by Gasteiger charge is 2.33. The Morgan fingerprint density at radius 1 is 1.10 bits per heavy atom. The van der Waals surface area contributed by atoms with Crippen LogP contribution in [-0.4, -0.2) is 0 Å². The van der Waals surface area contributed by atoms with E-state index >= 15 is 0 Å². The lowest BCUT2D eigenvalue weighted by Gasteiger charge is -2.19. The molecule has 0 radical (unpaired) electrons. The molecule has 0 aliphatic carbocycles. The van der Waals surface area contributed by atoms with Crippen LogP contribution in [0.15, 0.2) is 40.9 Å². The lowest BCUT2D eigenvalue weighted by molar-refractivity contribution is -0.138. The van der Waals surface area contributed by atoms with Gasteiger partial charge in [0, 0.05) is 4.47 Å². The van der Waals surface area contributed by atoms with E-state index in [1.807, 2.05) is 32.0 Å². The van der Waals surface area contributed by atoms with Gasteiger partial charge in [0.2, 0.25) is 0 Å². The summed E-state index contributed by atoms with van der Waals surface area (Å²) in [7, 11) is 0. The van der Waals surface area contributed by atoms with Crippen LogP contribution in [0.2, 0.25) is 0 Å². The van der Waals surface area contributed by atoms with E-state index in [-0.39, 0.29) is 4.47 Å². The number of hydrogen-bond acceptors (Lipinski definition) is 1. The summed E-state index contributed by atoms with van der Waals surface area (Å²) in [5.74, 6) is 0. The maximum Gasteiger partial charge on any atom is 0.417 e. The van der Waals surface area contributed by atoms with Crippen LogP contribution < -0.4 is 5.73 Å². The van der Waals surface area contributed by atoms with Crippen molar-refractivity contribution >= 4 is 15.9 Å². The Kier molecular flexibility index (Phi) is 4.44. The zero-order valence-electron chi connectivity index (χ0n) is 11.6. The lowest BCUT2D eigenvalue weighted by Crippen LogP contribution is -2.15. The summed E-state index contributed by atoms with van der Waals surface area (Å²) in [5, 5.41) is 0. The third-order valence-electron chi connectivity index (χ3n) is 3.64. The summed E-state index contributed by atoms with van der Waals surface area (Å²) in [6.07, 6.45) is -4.41. The number of rotatable bonds is 2. The summed E-state index contributed by atoms with van der Waals surface area (Å²) in [4.78, 5) is 0. The van der Waals surface area contributed by atoms with E-state index in [1.165, 1.54) is 6.07 Å². The first-order valence-electron chi connectivity index (χ1n) is 6.40. The molecule has 5 heteroatoms. The quantitative estimate of drug-likeness (QED) is 0.791. The van der Waals surface area contributed by atoms with E-state index in [1.54, 1.807) is 6.07 Å². The number of aryl methyl sites for hydroxylation is 1. The minimum atomic E-state index is -4.41. The van der Waals surface area contributed by atoms with Crippen LogP contribution >= 0.6 is 15.9 Å². The first kappa shape index (κ1) is 16.0. The van der Waals surface area contributed by atoms with Crippen LogP contribution in [0.25, 0.3) is 0 Å². The second kappa shape index (κ2) is 5.81. The second-order valence-electron chi connectivity index (χ2n) is 5.00. The highest BCUT2D eigenvalue weighted by atomic mass is 79.9. The molecule has 1 nitrogen and oxygen atoms in total. The molecule has 0 aliphatic heterocycles. The maximum absolute atomic E-state index is 13.0. The molecule has 2 rings (SSSR count). The van der Waals surface area contributed by atoms with E-state index in [2.05, 4.69) is 15.9 Å². The van der Waals surface area contributed by atoms with E-state index in [9.17, 15) is 13.2 Å². The SMILES string of the molecule is Cc1cccc(C(N)c2ccc(Br)c(C(F)(F)F)c2)c1C. The minimum Gasteiger partial charge on any atom is -0.320 e. The Hall–Kier alpha value is -1.33. The molecule has 0 heterocycles. The predicted octanol–water partition coefficient (Wildman–Crippen LogP) is 5.13. The molecule has 0 saturated heterocycles. The molecule has 2 N–H and O–H groups in total. The molecule has 0 aromatic heterocycles. The van der Waals surface area contributed by atoms with Gasteiger partial charge >= 0.3 is 6.18 Å². The van der Waals surface area contributed by atoms with Crippen LogP contribution in [0.5, 0.6) is 0 Å². The largest absolute Gasteiger partial charge is 0.417 e. The molecule has 0 bridgehead atoms. The molecule has 1 atom stereocenters. The fourth-order valence-electron chi connectivity index (χ4n) is 2.24. The summed E-state index contributed by atoms with van der Waals surface area (Å²) < 4.78 is 38.9. The van der Waals surface area contributed by atoms with Crippen LogP contribution in [-0.2, 0) is 6.18 Å². The Bertz CT molecular complexity index is 665. The van der Waals surface area contributed by atoms with Crippen molar-refractivity contribution in [1.29, 1.82) is 0 Å². The van der Waals surface area contributed by atoms with Crippen LogP contribution in [0.4, 0.5) is 13.2 Å². The number of alkyl halides is 3. The first-order valence-corrected chi connectivity index (χ1v) is 7.19. The van der Waals surface area contributed by atoms with Gasteiger partial charge in [-0.05, 0) is 48.2 Å². The third-order valence-corrected chi connectivity index (χ3v) is 4.33. The topological polar surface area (TPSA) is 26.0 Å². The average molecular weight is 358 g/mol. The normalized spacial score (nSPS) is 13.3. The van der Waals surface area contributed by atoms with Gasteiger partial charge in [0.15, 0.2) is 0 Å². The van der Waals surface area contributed by atoms with Crippen molar-refractivity contribution in [3.8, 4) is 0 Å². The minimum absolute atomic E-state index is 0.0203. The predicted molar refractivity (Wildman–Crippen MR) is 81.1 cm³/mol. The average Bonchev–Trinajstić information content (AvgIpc) is 2.40. The Morgan fingerprint density at radius 2 is 1.76 bits per heavy atom. The third kappa shape index (κ3) is 3.30. The molecule has 0 spiro atoms. The molecule has 0 amide bonds. The maximum atomic E-state index is 13.0. The number of benzene rings is 2. The van der Waals surface area contributed by atoms with Crippen LogP contribution in [0.3, 0.4) is 0 Å². The highest BCUT2D eigenvalue weighted by Crippen LogP contribution is 2.37. The Balaban J connectivity index is 2.49. The second-order valence-corrected chi connectivity index (χ2v) is 5.86. The first-order chi connectivity index (χ1) is 9.71. The molecule has 112 valence electrons. The Morgan fingerprint density at radius 3 is 2.38 bits per heavy atom. The summed E-state index contributed by atoms with van der Waals surface area (Å²) in [5.41, 5.74) is 8.81. The van der Waals surface area contributed by atoms with E-state index < -0.39 is 17.8 Å². The van der Waals surface area contributed by atoms with E-state index in [0.717, 1.165) is 22.8 Å². The molecular weight excluding hydrogens is 343 g/mol. The van der Waals surface area contributed by atoms with Crippen molar-refractivity contribution in [2.75, 3.05) is 0 Å². The summed E-state index contributed by atoms with van der Waals surface area (Å²) >= 11 is 2.94. The van der Waals surface area contributed by atoms with Gasteiger partial charge in [-0.1, -0.05) is 40.2 Å². The molecule has 2 aromatic rings. The molecule has 21 heavy (non-hydrogen) atoms. The number of hydrogen-bond donors (Lipinski definition) is 1. The van der Waals surface area contributed by atoms with Gasteiger partial charge in [-0.25, -0.2) is 0 Å². The lowest BCUT2D eigenvalue weighted by atomic mass is 9.92. The van der Waals surface area contributed by atoms with Crippen molar-refractivity contribution in [3.05, 3.63) is 68.7 Å². The monoisotopic (exact) mass is 357 g/mol. The van der Waals surface area contributed by atoms with Crippen LogP contribution in [0.1, 0.15) is 33.9 Å². The van der Waals surface area contributed by atoms with Gasteiger partial charge < -0.3 is 5.73 Å². The molecular formula is C16H15BrF3N. The van der Waals surface area contributed by atoms with Crippen LogP contribution in [0, 0.1) is 13.8 Å². The van der Waals surface area contributed by atoms with Gasteiger partial charge in [-0.3, -0.25) is 0 Å². The molecule has 0 saturated carbocycles. The fraction of sp³-hybridized carbons (Fsp3) is 0.250. The molecule has 0 fully saturated rings. The van der Waals surface area contributed by atoms with Crippen molar-refractivity contribution in [1.82, 2.24) is 0 Å². The van der Waals surface area contributed by atoms with Gasteiger partial charge in [0.05, 0.1) is 11.6 Å². The smallest absolute Gasteiger partial charge is 0.320 e. The molecule has 2 aromatic carbocycles. The van der Waals surface area contributed by atoms with E-state index in [0.29, 0.717) is 5.56 Å². The fourth-order valence-corrected chi connectivity index (χ4v) is 2.72. The summed E-state index contributed by atoms with van der Waals surface area (Å²) in [6.45, 7) is 3.88.